The van der Waals surface area contributed by atoms with Gasteiger partial charge < -0.3 is 15.0 Å². The SMILES string of the molecule is CCNC(=NCCS(=O)C(C)(C)C)N1CCC(c2ccc(OC)cc2)C1. The lowest BCUT2D eigenvalue weighted by molar-refractivity contribution is 0.414. The van der Waals surface area contributed by atoms with Crippen molar-refractivity contribution in [2.75, 3.05) is 39.0 Å². The molecule has 2 unspecified atom stereocenters. The zero-order valence-electron chi connectivity index (χ0n) is 16.7. The molecule has 2 rings (SSSR count). The fraction of sp³-hybridized carbons (Fsp3) is 0.650. The van der Waals surface area contributed by atoms with Crippen molar-refractivity contribution in [3.8, 4) is 5.75 Å². The average Bonchev–Trinajstić information content (AvgIpc) is 3.10. The highest BCUT2D eigenvalue weighted by atomic mass is 32.2. The average molecular weight is 380 g/mol. The van der Waals surface area contributed by atoms with Gasteiger partial charge in [0.1, 0.15) is 5.75 Å². The topological polar surface area (TPSA) is 53.9 Å². The lowest BCUT2D eigenvalue weighted by Crippen LogP contribution is -2.40. The van der Waals surface area contributed by atoms with E-state index in [4.69, 9.17) is 9.73 Å². The number of ether oxygens (including phenoxy) is 1. The highest BCUT2D eigenvalue weighted by Crippen LogP contribution is 2.28. The fourth-order valence-corrected chi connectivity index (χ4v) is 3.94. The molecule has 0 aromatic heterocycles. The maximum Gasteiger partial charge on any atom is 0.193 e. The summed E-state index contributed by atoms with van der Waals surface area (Å²) in [5.41, 5.74) is 1.35. The minimum Gasteiger partial charge on any atom is -0.497 e. The van der Waals surface area contributed by atoms with E-state index < -0.39 is 10.8 Å². The summed E-state index contributed by atoms with van der Waals surface area (Å²) < 4.78 is 17.3. The fourth-order valence-electron chi connectivity index (χ4n) is 3.07. The van der Waals surface area contributed by atoms with E-state index in [1.165, 1.54) is 5.56 Å². The number of nitrogens with zero attached hydrogens (tertiary/aromatic N) is 2. The van der Waals surface area contributed by atoms with Crippen molar-refractivity contribution in [3.05, 3.63) is 29.8 Å². The summed E-state index contributed by atoms with van der Waals surface area (Å²) in [6.45, 7) is 11.5. The Balaban J connectivity index is 1.97. The molecule has 1 aliphatic heterocycles. The monoisotopic (exact) mass is 379 g/mol. The molecule has 0 amide bonds. The summed E-state index contributed by atoms with van der Waals surface area (Å²) in [6, 6.07) is 8.37. The molecule has 1 aromatic carbocycles. The number of rotatable bonds is 6. The molecule has 1 N–H and O–H groups in total. The smallest absolute Gasteiger partial charge is 0.193 e. The van der Waals surface area contributed by atoms with Gasteiger partial charge in [0, 0.05) is 46.9 Å². The van der Waals surface area contributed by atoms with Gasteiger partial charge in [-0.3, -0.25) is 9.20 Å². The molecule has 6 heteroatoms. The highest BCUT2D eigenvalue weighted by molar-refractivity contribution is 7.86. The number of methoxy groups -OCH3 is 1. The molecule has 1 fully saturated rings. The summed E-state index contributed by atoms with van der Waals surface area (Å²) in [4.78, 5) is 7.04. The number of likely N-dealkylation sites (tertiary alicyclic amines) is 1. The van der Waals surface area contributed by atoms with Gasteiger partial charge in [-0.05, 0) is 51.8 Å². The molecule has 0 saturated carbocycles. The Bertz CT molecular complexity index is 623. The molecule has 0 bridgehead atoms. The predicted octanol–water partition coefficient (Wildman–Crippen LogP) is 3.00. The normalized spacial score (nSPS) is 19.5. The Labute approximate surface area is 160 Å². The number of benzene rings is 1. The van der Waals surface area contributed by atoms with Crippen LogP contribution in [0.2, 0.25) is 0 Å². The summed E-state index contributed by atoms with van der Waals surface area (Å²) in [5, 5.41) is 3.38. The van der Waals surface area contributed by atoms with E-state index in [9.17, 15) is 4.21 Å². The van der Waals surface area contributed by atoms with Crippen LogP contribution >= 0.6 is 0 Å². The van der Waals surface area contributed by atoms with Crippen LogP contribution in [0.3, 0.4) is 0 Å². The molecule has 2 atom stereocenters. The van der Waals surface area contributed by atoms with Crippen LogP contribution < -0.4 is 10.1 Å². The Morgan fingerprint density at radius 1 is 1.35 bits per heavy atom. The lowest BCUT2D eigenvalue weighted by atomic mass is 9.98. The summed E-state index contributed by atoms with van der Waals surface area (Å²) >= 11 is 0. The van der Waals surface area contributed by atoms with Gasteiger partial charge in [0.05, 0.1) is 13.7 Å². The Hall–Kier alpha value is -1.56. The maximum atomic E-state index is 12.2. The zero-order chi connectivity index (χ0) is 19.2. The van der Waals surface area contributed by atoms with Crippen molar-refractivity contribution in [2.45, 2.75) is 44.8 Å². The van der Waals surface area contributed by atoms with Crippen LogP contribution in [0.25, 0.3) is 0 Å². The van der Waals surface area contributed by atoms with Gasteiger partial charge >= 0.3 is 0 Å². The van der Waals surface area contributed by atoms with Gasteiger partial charge in [0.15, 0.2) is 5.96 Å². The third-order valence-electron chi connectivity index (χ3n) is 4.63. The minimum absolute atomic E-state index is 0.180. The number of guanidine groups is 1. The first-order valence-electron chi connectivity index (χ1n) is 9.40. The van der Waals surface area contributed by atoms with Crippen LogP contribution in [-0.4, -0.2) is 58.9 Å². The van der Waals surface area contributed by atoms with Gasteiger partial charge in [-0.25, -0.2) is 0 Å². The number of aliphatic imine (C=N–C) groups is 1. The summed E-state index contributed by atoms with van der Waals surface area (Å²) in [6.07, 6.45) is 1.12. The molecular weight excluding hydrogens is 346 g/mol. The van der Waals surface area contributed by atoms with Gasteiger partial charge in [0.25, 0.3) is 0 Å². The Kier molecular flexibility index (Phi) is 7.50. The quantitative estimate of drug-likeness (QED) is 0.610. The molecule has 0 spiro atoms. The van der Waals surface area contributed by atoms with Crippen LogP contribution in [-0.2, 0) is 10.8 Å². The second kappa shape index (κ2) is 9.40. The molecule has 0 radical (unpaired) electrons. The standard InChI is InChI=1S/C20H33N3O2S/c1-6-21-19(22-12-14-26(24)20(2,3)4)23-13-11-17(15-23)16-7-9-18(25-5)10-8-16/h7-10,17H,6,11-15H2,1-5H3,(H,21,22). The largest absolute Gasteiger partial charge is 0.497 e. The van der Waals surface area contributed by atoms with E-state index in [-0.39, 0.29) is 4.75 Å². The third kappa shape index (κ3) is 5.73. The molecule has 0 aliphatic carbocycles. The number of nitrogens with one attached hydrogen (secondary N) is 1. The van der Waals surface area contributed by atoms with Crippen LogP contribution in [0.15, 0.2) is 29.3 Å². The first-order chi connectivity index (χ1) is 12.3. The van der Waals surface area contributed by atoms with Gasteiger partial charge in [-0.1, -0.05) is 12.1 Å². The molecule has 146 valence electrons. The van der Waals surface area contributed by atoms with Gasteiger partial charge in [-0.15, -0.1) is 0 Å². The molecule has 26 heavy (non-hydrogen) atoms. The van der Waals surface area contributed by atoms with Crippen molar-refractivity contribution in [3.63, 3.8) is 0 Å². The molecule has 1 aliphatic rings. The van der Waals surface area contributed by atoms with Crippen molar-refractivity contribution >= 4 is 16.8 Å². The molecule has 1 aromatic rings. The second-order valence-electron chi connectivity index (χ2n) is 7.60. The Morgan fingerprint density at radius 2 is 2.04 bits per heavy atom. The van der Waals surface area contributed by atoms with E-state index in [1.807, 2.05) is 32.9 Å². The van der Waals surface area contributed by atoms with Crippen LogP contribution in [0.5, 0.6) is 5.75 Å². The maximum absolute atomic E-state index is 12.2. The van der Waals surface area contributed by atoms with Crippen LogP contribution in [0.1, 0.15) is 45.6 Å². The summed E-state index contributed by atoms with van der Waals surface area (Å²) in [7, 11) is 0.828. The second-order valence-corrected chi connectivity index (χ2v) is 9.93. The van der Waals surface area contributed by atoms with Crippen molar-refractivity contribution in [1.29, 1.82) is 0 Å². The van der Waals surface area contributed by atoms with E-state index >= 15 is 0 Å². The highest BCUT2D eigenvalue weighted by Gasteiger charge is 2.26. The predicted molar refractivity (Wildman–Crippen MR) is 111 cm³/mol. The zero-order valence-corrected chi connectivity index (χ0v) is 17.6. The van der Waals surface area contributed by atoms with E-state index in [1.54, 1.807) is 7.11 Å². The van der Waals surface area contributed by atoms with Crippen molar-refractivity contribution in [2.24, 2.45) is 4.99 Å². The van der Waals surface area contributed by atoms with Crippen LogP contribution in [0.4, 0.5) is 0 Å². The van der Waals surface area contributed by atoms with Crippen molar-refractivity contribution in [1.82, 2.24) is 10.2 Å². The molecule has 5 nitrogen and oxygen atoms in total. The van der Waals surface area contributed by atoms with E-state index in [2.05, 4.69) is 29.3 Å². The molecular formula is C20H33N3O2S. The first kappa shape index (κ1) is 20.7. The molecule has 1 saturated heterocycles. The van der Waals surface area contributed by atoms with Gasteiger partial charge in [0.2, 0.25) is 0 Å². The minimum atomic E-state index is -0.864. The third-order valence-corrected chi connectivity index (χ3v) is 6.55. The van der Waals surface area contributed by atoms with Gasteiger partial charge in [-0.2, -0.15) is 0 Å². The summed E-state index contributed by atoms with van der Waals surface area (Å²) in [5.74, 6) is 2.95. The number of hydrogen-bond donors (Lipinski definition) is 1. The lowest BCUT2D eigenvalue weighted by Gasteiger charge is -2.22. The molecule has 1 heterocycles. The van der Waals surface area contributed by atoms with Crippen LogP contribution in [0, 0.1) is 0 Å². The van der Waals surface area contributed by atoms with Crippen molar-refractivity contribution < 1.29 is 8.95 Å². The first-order valence-corrected chi connectivity index (χ1v) is 10.7. The Morgan fingerprint density at radius 3 is 2.62 bits per heavy atom. The van der Waals surface area contributed by atoms with E-state index in [0.29, 0.717) is 18.2 Å². The number of hydrogen-bond acceptors (Lipinski definition) is 3. The van der Waals surface area contributed by atoms with E-state index in [0.717, 1.165) is 37.8 Å².